The van der Waals surface area contributed by atoms with Gasteiger partial charge in [-0.2, -0.15) is 0 Å². The number of ether oxygens (including phenoxy) is 2. The number of hydrogen-bond donors (Lipinski definition) is 1. The summed E-state index contributed by atoms with van der Waals surface area (Å²) in [5.41, 5.74) is 0.834. The third kappa shape index (κ3) is 2.92. The summed E-state index contributed by atoms with van der Waals surface area (Å²) in [7, 11) is 0. The van der Waals surface area contributed by atoms with E-state index >= 15 is 0 Å². The van der Waals surface area contributed by atoms with Gasteiger partial charge in [0.15, 0.2) is 0 Å². The average molecular weight is 213 g/mol. The number of hydrogen-bond acceptors (Lipinski definition) is 3. The third-order valence-electron chi connectivity index (χ3n) is 3.70. The highest BCUT2D eigenvalue weighted by Crippen LogP contribution is 2.30. The second-order valence-corrected chi connectivity index (χ2v) is 5.83. The van der Waals surface area contributed by atoms with Gasteiger partial charge in [-0.3, -0.25) is 0 Å². The molecule has 3 heteroatoms. The highest BCUT2D eigenvalue weighted by Gasteiger charge is 2.34. The van der Waals surface area contributed by atoms with Crippen molar-refractivity contribution in [1.29, 1.82) is 0 Å². The summed E-state index contributed by atoms with van der Waals surface area (Å²) in [5, 5.41) is 3.60. The monoisotopic (exact) mass is 213 g/mol. The van der Waals surface area contributed by atoms with Crippen LogP contribution in [-0.2, 0) is 9.47 Å². The molecule has 0 aromatic rings. The van der Waals surface area contributed by atoms with Crippen LogP contribution in [0.5, 0.6) is 0 Å². The molecule has 0 bridgehead atoms. The van der Waals surface area contributed by atoms with Crippen molar-refractivity contribution in [1.82, 2.24) is 5.32 Å². The maximum atomic E-state index is 5.40. The zero-order valence-corrected chi connectivity index (χ0v) is 9.97. The van der Waals surface area contributed by atoms with E-state index in [4.69, 9.17) is 9.47 Å². The van der Waals surface area contributed by atoms with Crippen molar-refractivity contribution in [3.05, 3.63) is 0 Å². The van der Waals surface area contributed by atoms with Crippen LogP contribution in [0.25, 0.3) is 0 Å². The lowest BCUT2D eigenvalue weighted by atomic mass is 9.81. The summed E-state index contributed by atoms with van der Waals surface area (Å²) >= 11 is 0. The molecule has 2 fully saturated rings. The van der Waals surface area contributed by atoms with Crippen LogP contribution in [0.1, 0.15) is 26.7 Å². The predicted molar refractivity (Wildman–Crippen MR) is 60.0 cm³/mol. The molecule has 3 nitrogen and oxygen atoms in total. The SMILES string of the molecule is CC1(CNCC2(C)COC2)CCOCC1. The van der Waals surface area contributed by atoms with Gasteiger partial charge in [-0.25, -0.2) is 0 Å². The molecule has 0 atom stereocenters. The highest BCUT2D eigenvalue weighted by molar-refractivity contribution is 4.85. The van der Waals surface area contributed by atoms with E-state index in [1.807, 2.05) is 0 Å². The summed E-state index contributed by atoms with van der Waals surface area (Å²) in [6.45, 7) is 10.5. The highest BCUT2D eigenvalue weighted by atomic mass is 16.5. The van der Waals surface area contributed by atoms with Crippen LogP contribution in [0, 0.1) is 10.8 Å². The van der Waals surface area contributed by atoms with Gasteiger partial charge in [0, 0.05) is 31.7 Å². The van der Waals surface area contributed by atoms with Gasteiger partial charge in [0.25, 0.3) is 0 Å². The molecule has 0 aromatic carbocycles. The van der Waals surface area contributed by atoms with Crippen LogP contribution < -0.4 is 5.32 Å². The minimum Gasteiger partial charge on any atom is -0.381 e. The summed E-state index contributed by atoms with van der Waals surface area (Å²) in [5.74, 6) is 0. The zero-order chi connectivity index (χ0) is 10.8. The van der Waals surface area contributed by atoms with Gasteiger partial charge in [-0.15, -0.1) is 0 Å². The summed E-state index contributed by atoms with van der Waals surface area (Å²) < 4.78 is 10.6. The molecule has 15 heavy (non-hydrogen) atoms. The fraction of sp³-hybridized carbons (Fsp3) is 1.00. The molecule has 0 unspecified atom stereocenters. The van der Waals surface area contributed by atoms with E-state index in [0.717, 1.165) is 39.5 Å². The van der Waals surface area contributed by atoms with Crippen molar-refractivity contribution in [2.24, 2.45) is 10.8 Å². The number of nitrogens with one attached hydrogen (secondary N) is 1. The quantitative estimate of drug-likeness (QED) is 0.766. The van der Waals surface area contributed by atoms with Crippen LogP contribution >= 0.6 is 0 Å². The number of rotatable bonds is 4. The van der Waals surface area contributed by atoms with Gasteiger partial charge in [0.2, 0.25) is 0 Å². The second-order valence-electron chi connectivity index (χ2n) is 5.83. The Labute approximate surface area is 92.5 Å². The van der Waals surface area contributed by atoms with Crippen molar-refractivity contribution in [3.8, 4) is 0 Å². The average Bonchev–Trinajstić information content (AvgIpc) is 2.16. The molecule has 2 saturated heterocycles. The van der Waals surface area contributed by atoms with Crippen molar-refractivity contribution >= 4 is 0 Å². The van der Waals surface area contributed by atoms with Crippen LogP contribution in [0.2, 0.25) is 0 Å². The molecular formula is C12H23NO2. The fourth-order valence-corrected chi connectivity index (χ4v) is 2.26. The lowest BCUT2D eigenvalue weighted by Gasteiger charge is -2.40. The van der Waals surface area contributed by atoms with Crippen LogP contribution in [0.15, 0.2) is 0 Å². The molecule has 0 aromatic heterocycles. The lowest BCUT2D eigenvalue weighted by Crippen LogP contribution is -2.49. The molecule has 88 valence electrons. The minimum absolute atomic E-state index is 0.390. The van der Waals surface area contributed by atoms with Crippen LogP contribution in [0.3, 0.4) is 0 Å². The van der Waals surface area contributed by atoms with E-state index in [0.29, 0.717) is 10.8 Å². The molecule has 1 N–H and O–H groups in total. The van der Waals surface area contributed by atoms with Crippen LogP contribution in [0.4, 0.5) is 0 Å². The molecule has 2 rings (SSSR count). The van der Waals surface area contributed by atoms with Gasteiger partial charge in [0.1, 0.15) is 0 Å². The summed E-state index contributed by atoms with van der Waals surface area (Å²) in [4.78, 5) is 0. The molecule has 0 amide bonds. The fourth-order valence-electron chi connectivity index (χ4n) is 2.26. The van der Waals surface area contributed by atoms with Gasteiger partial charge >= 0.3 is 0 Å². The first-order chi connectivity index (χ1) is 7.12. The smallest absolute Gasteiger partial charge is 0.0554 e. The summed E-state index contributed by atoms with van der Waals surface area (Å²) in [6, 6.07) is 0. The van der Waals surface area contributed by atoms with E-state index in [9.17, 15) is 0 Å². The van der Waals surface area contributed by atoms with Crippen molar-refractivity contribution < 1.29 is 9.47 Å². The van der Waals surface area contributed by atoms with E-state index in [1.54, 1.807) is 0 Å². The zero-order valence-electron chi connectivity index (χ0n) is 9.97. The largest absolute Gasteiger partial charge is 0.381 e. The van der Waals surface area contributed by atoms with Gasteiger partial charge in [0.05, 0.1) is 13.2 Å². The Bertz CT molecular complexity index is 208. The van der Waals surface area contributed by atoms with Gasteiger partial charge in [-0.1, -0.05) is 13.8 Å². The molecule has 0 radical (unpaired) electrons. The van der Waals surface area contributed by atoms with Crippen molar-refractivity contribution in [2.45, 2.75) is 26.7 Å². The Morgan fingerprint density at radius 2 is 1.53 bits per heavy atom. The molecule has 0 saturated carbocycles. The molecule has 0 aliphatic carbocycles. The lowest BCUT2D eigenvalue weighted by molar-refractivity contribution is -0.100. The molecule has 0 spiro atoms. The van der Waals surface area contributed by atoms with E-state index in [1.165, 1.54) is 12.8 Å². The Kier molecular flexibility index (Phi) is 3.33. The van der Waals surface area contributed by atoms with Gasteiger partial charge in [-0.05, 0) is 18.3 Å². The first kappa shape index (κ1) is 11.4. The minimum atomic E-state index is 0.390. The maximum absolute atomic E-state index is 5.40. The molecule has 2 aliphatic rings. The predicted octanol–water partition coefficient (Wildman–Crippen LogP) is 1.43. The molecule has 2 aliphatic heterocycles. The molecule has 2 heterocycles. The Balaban J connectivity index is 1.67. The van der Waals surface area contributed by atoms with Gasteiger partial charge < -0.3 is 14.8 Å². The Morgan fingerprint density at radius 3 is 2.07 bits per heavy atom. The van der Waals surface area contributed by atoms with Crippen molar-refractivity contribution in [2.75, 3.05) is 39.5 Å². The van der Waals surface area contributed by atoms with E-state index in [-0.39, 0.29) is 0 Å². The standard InChI is InChI=1S/C12H23NO2/c1-11(3-5-14-6-4-11)7-13-8-12(2)9-15-10-12/h13H,3-10H2,1-2H3. The first-order valence-corrected chi connectivity index (χ1v) is 5.98. The topological polar surface area (TPSA) is 30.5 Å². The van der Waals surface area contributed by atoms with E-state index in [2.05, 4.69) is 19.2 Å². The second kappa shape index (κ2) is 4.40. The third-order valence-corrected chi connectivity index (χ3v) is 3.70. The normalized spacial score (nSPS) is 28.4. The molecular weight excluding hydrogens is 190 g/mol. The van der Waals surface area contributed by atoms with Crippen LogP contribution in [-0.4, -0.2) is 39.5 Å². The Hall–Kier alpha value is -0.120. The Morgan fingerprint density at radius 1 is 0.933 bits per heavy atom. The maximum Gasteiger partial charge on any atom is 0.0554 e. The van der Waals surface area contributed by atoms with E-state index < -0.39 is 0 Å². The van der Waals surface area contributed by atoms with Crippen molar-refractivity contribution in [3.63, 3.8) is 0 Å². The first-order valence-electron chi connectivity index (χ1n) is 5.98. The summed E-state index contributed by atoms with van der Waals surface area (Å²) in [6.07, 6.45) is 2.38.